The summed E-state index contributed by atoms with van der Waals surface area (Å²) in [5, 5.41) is 13.2. The van der Waals surface area contributed by atoms with E-state index in [1.165, 1.54) is 23.3 Å². The Morgan fingerprint density at radius 2 is 1.63 bits per heavy atom. The Kier molecular flexibility index (Phi) is 10.8. The molecule has 62 heavy (non-hydrogen) atoms. The number of halogens is 1. The monoisotopic (exact) mass is 875 g/mol. The average molecular weight is 877 g/mol. The molecule has 1 unspecified atom stereocenters. The van der Waals surface area contributed by atoms with Gasteiger partial charge in [0.25, 0.3) is 5.91 Å². The van der Waals surface area contributed by atoms with Gasteiger partial charge in [0.1, 0.15) is 22.9 Å². The number of nitrogens with one attached hydrogen (secondary N) is 1. The van der Waals surface area contributed by atoms with E-state index in [4.69, 9.17) is 16.6 Å². The minimum atomic E-state index is -0.596. The highest BCUT2D eigenvalue weighted by Gasteiger charge is 2.42. The molecule has 4 aromatic rings. The van der Waals surface area contributed by atoms with E-state index in [2.05, 4.69) is 54.7 Å². The lowest BCUT2D eigenvalue weighted by molar-refractivity contribution is -0.137. The van der Waals surface area contributed by atoms with E-state index < -0.39 is 12.1 Å². The van der Waals surface area contributed by atoms with Crippen molar-refractivity contribution in [1.29, 1.82) is 0 Å². The molecular weight excluding hydrogens is 822 g/mol. The summed E-state index contributed by atoms with van der Waals surface area (Å²) >= 11 is 8.03. The third kappa shape index (κ3) is 7.55. The summed E-state index contributed by atoms with van der Waals surface area (Å²) in [6.07, 6.45) is 7.58. The number of benzene rings is 2. The van der Waals surface area contributed by atoms with E-state index in [0.717, 1.165) is 116 Å². The van der Waals surface area contributed by atoms with Crippen LogP contribution in [0.4, 0.5) is 5.69 Å². The van der Waals surface area contributed by atoms with E-state index in [-0.39, 0.29) is 36.5 Å². The number of imide groups is 1. The van der Waals surface area contributed by atoms with Crippen LogP contribution in [0.15, 0.2) is 47.5 Å². The predicted octanol–water partition coefficient (Wildman–Crippen LogP) is 6.57. The molecule has 4 saturated heterocycles. The summed E-state index contributed by atoms with van der Waals surface area (Å²) in [4.78, 5) is 66.9. The van der Waals surface area contributed by atoms with Gasteiger partial charge in [0.05, 0.1) is 12.1 Å². The fraction of sp³-hybridized carbons (Fsp3) is 0.511. The smallest absolute Gasteiger partial charge is 0.255 e. The van der Waals surface area contributed by atoms with Gasteiger partial charge in [0.2, 0.25) is 17.7 Å². The molecule has 2 atom stereocenters. The molecule has 8 heterocycles. The molecule has 324 valence electrons. The highest BCUT2D eigenvalue weighted by Crippen LogP contribution is 2.44. The first-order valence-electron chi connectivity index (χ1n) is 22.3. The molecule has 2 aromatic heterocycles. The zero-order valence-corrected chi connectivity index (χ0v) is 37.4. The van der Waals surface area contributed by atoms with Gasteiger partial charge in [-0.2, -0.15) is 0 Å². The van der Waals surface area contributed by atoms with E-state index in [1.54, 1.807) is 16.2 Å². The van der Waals surface area contributed by atoms with Crippen molar-refractivity contribution < 1.29 is 19.2 Å². The molecule has 0 bridgehead atoms. The van der Waals surface area contributed by atoms with Gasteiger partial charge < -0.3 is 19.6 Å². The zero-order valence-electron chi connectivity index (χ0n) is 35.8. The number of aliphatic imine (C=N–C) groups is 1. The fourth-order valence-corrected chi connectivity index (χ4v) is 12.2. The molecular formula is C47H54ClN9O4S. The van der Waals surface area contributed by atoms with Crippen molar-refractivity contribution in [2.45, 2.75) is 97.2 Å². The van der Waals surface area contributed by atoms with Crippen LogP contribution in [0.25, 0.3) is 5.00 Å². The van der Waals surface area contributed by atoms with Gasteiger partial charge in [-0.25, -0.2) is 0 Å². The van der Waals surface area contributed by atoms with E-state index in [1.807, 2.05) is 43.3 Å². The SMILES string of the molecule is Cc1sc2c(c1C)C(c1ccc(Cl)cc1)=N[C@@H](CC(=O)N1CCC3(CCN(CC4CCN(c5ccc6c(c5)CN(C5CCC(=O)NC5=O)C6=O)CC4)CC3)CC1)c1nnc(C)n1-2. The summed E-state index contributed by atoms with van der Waals surface area (Å²) < 4.78 is 2.12. The second-order valence-electron chi connectivity index (χ2n) is 18.5. The third-order valence-electron chi connectivity index (χ3n) is 14.8. The minimum absolute atomic E-state index is 0.126. The second kappa shape index (κ2) is 16.3. The molecule has 0 saturated carbocycles. The summed E-state index contributed by atoms with van der Waals surface area (Å²) in [7, 11) is 0. The van der Waals surface area contributed by atoms with Gasteiger partial charge in [-0.05, 0) is 132 Å². The van der Waals surface area contributed by atoms with Crippen LogP contribution < -0.4 is 10.2 Å². The first-order valence-corrected chi connectivity index (χ1v) is 23.5. The Hall–Kier alpha value is -4.92. The van der Waals surface area contributed by atoms with Gasteiger partial charge in [0.15, 0.2) is 5.82 Å². The van der Waals surface area contributed by atoms with Crippen molar-refractivity contribution in [2.75, 3.05) is 50.7 Å². The molecule has 6 aliphatic heterocycles. The number of carbonyl (C=O) groups is 4. The maximum Gasteiger partial charge on any atom is 0.255 e. The summed E-state index contributed by atoms with van der Waals surface area (Å²) in [5.74, 6) is 1.51. The molecule has 0 aliphatic carbocycles. The number of anilines is 1. The van der Waals surface area contributed by atoms with Crippen LogP contribution in [0.5, 0.6) is 0 Å². The third-order valence-corrected chi connectivity index (χ3v) is 16.3. The Morgan fingerprint density at radius 3 is 2.35 bits per heavy atom. The normalized spacial score (nSPS) is 22.9. The number of carbonyl (C=O) groups excluding carboxylic acids is 4. The molecule has 4 fully saturated rings. The van der Waals surface area contributed by atoms with Crippen LogP contribution in [0, 0.1) is 32.1 Å². The van der Waals surface area contributed by atoms with Gasteiger partial charge in [-0.15, -0.1) is 21.5 Å². The van der Waals surface area contributed by atoms with E-state index in [0.29, 0.717) is 34.9 Å². The molecule has 10 rings (SSSR count). The Labute approximate surface area is 371 Å². The van der Waals surface area contributed by atoms with Crippen LogP contribution in [0.1, 0.15) is 113 Å². The van der Waals surface area contributed by atoms with Crippen molar-refractivity contribution in [1.82, 2.24) is 34.8 Å². The van der Waals surface area contributed by atoms with Gasteiger partial charge in [-0.1, -0.05) is 23.7 Å². The topological polar surface area (TPSA) is 136 Å². The van der Waals surface area contributed by atoms with E-state index >= 15 is 0 Å². The molecule has 1 spiro atoms. The maximum absolute atomic E-state index is 14.2. The molecule has 13 nitrogen and oxygen atoms in total. The average Bonchev–Trinajstić information content (AvgIpc) is 3.88. The number of piperidine rings is 4. The molecule has 15 heteroatoms. The molecule has 4 amide bonds. The summed E-state index contributed by atoms with van der Waals surface area (Å²) in [6.45, 7) is 13.5. The first kappa shape index (κ1) is 41.1. The first-order chi connectivity index (χ1) is 29.9. The highest BCUT2D eigenvalue weighted by atomic mass is 35.5. The Balaban J connectivity index is 0.720. The number of likely N-dealkylation sites (tertiary alicyclic amines) is 2. The van der Waals surface area contributed by atoms with Crippen molar-refractivity contribution in [3.63, 3.8) is 0 Å². The molecule has 0 radical (unpaired) electrons. The number of rotatable bonds is 7. The maximum atomic E-state index is 14.2. The fourth-order valence-electron chi connectivity index (χ4n) is 10.9. The summed E-state index contributed by atoms with van der Waals surface area (Å²) in [5.41, 5.74) is 7.14. The number of thiophene rings is 1. The van der Waals surface area contributed by atoms with Crippen LogP contribution in [-0.4, -0.2) is 111 Å². The highest BCUT2D eigenvalue weighted by molar-refractivity contribution is 7.15. The van der Waals surface area contributed by atoms with Gasteiger partial charge in [0, 0.05) is 78.0 Å². The van der Waals surface area contributed by atoms with Crippen molar-refractivity contribution >= 4 is 58.0 Å². The lowest BCUT2D eigenvalue weighted by Gasteiger charge is -2.47. The summed E-state index contributed by atoms with van der Waals surface area (Å²) in [6, 6.07) is 12.8. The minimum Gasteiger partial charge on any atom is -0.372 e. The van der Waals surface area contributed by atoms with Gasteiger partial charge >= 0.3 is 0 Å². The number of fused-ring (bicyclic) bond motifs is 4. The van der Waals surface area contributed by atoms with Crippen LogP contribution in [-0.2, 0) is 20.9 Å². The predicted molar refractivity (Wildman–Crippen MR) is 239 cm³/mol. The standard InChI is InChI=1S/C47H54ClN9O4S/c1-28-29(2)62-46-41(28)42(32-4-6-34(48)7-5-32)49-37(43-52-51-30(3)57(43)46)25-40(59)55-22-16-47(17-23-55)14-20-53(21-15-47)26-31-12-18-54(19-13-31)35-8-9-36-33(24-35)27-56(45(36)61)38-10-11-39(58)50-44(38)60/h4-9,24,31,37-38H,10-23,25-27H2,1-3H3,(H,50,58,60)/t37-,38?/m0/s1. The zero-order chi connectivity index (χ0) is 42.9. The van der Waals surface area contributed by atoms with Crippen molar-refractivity contribution in [2.24, 2.45) is 16.3 Å². The largest absolute Gasteiger partial charge is 0.372 e. The molecule has 1 N–H and O–H groups in total. The lowest BCUT2D eigenvalue weighted by atomic mass is 9.71. The number of amides is 4. The number of aromatic nitrogens is 3. The van der Waals surface area contributed by atoms with Crippen molar-refractivity contribution in [3.05, 3.63) is 91.8 Å². The quantitative estimate of drug-likeness (QED) is 0.206. The van der Waals surface area contributed by atoms with Crippen LogP contribution in [0.3, 0.4) is 0 Å². The van der Waals surface area contributed by atoms with E-state index in [9.17, 15) is 19.2 Å². The number of hydrogen-bond acceptors (Lipinski definition) is 10. The molecule has 2 aromatic carbocycles. The van der Waals surface area contributed by atoms with Crippen molar-refractivity contribution in [3.8, 4) is 5.00 Å². The number of aryl methyl sites for hydroxylation is 2. The molecule has 6 aliphatic rings. The van der Waals surface area contributed by atoms with Crippen LogP contribution >= 0.6 is 22.9 Å². The Bertz CT molecular complexity index is 2470. The number of nitrogens with zero attached hydrogens (tertiary/aromatic N) is 8. The number of hydrogen-bond donors (Lipinski definition) is 1. The van der Waals surface area contributed by atoms with Gasteiger partial charge in [-0.3, -0.25) is 34.1 Å². The van der Waals surface area contributed by atoms with Crippen LogP contribution in [0.2, 0.25) is 5.02 Å². The Morgan fingerprint density at radius 1 is 0.903 bits per heavy atom. The lowest BCUT2D eigenvalue weighted by Crippen LogP contribution is -2.52. The second-order valence-corrected chi connectivity index (χ2v) is 20.1.